The second kappa shape index (κ2) is 4.43. The first-order valence-corrected chi connectivity index (χ1v) is 6.39. The summed E-state index contributed by atoms with van der Waals surface area (Å²) in [7, 11) is 0. The van der Waals surface area contributed by atoms with Crippen molar-refractivity contribution < 1.29 is 4.79 Å². The summed E-state index contributed by atoms with van der Waals surface area (Å²) in [5.74, 6) is 0.00357. The first-order valence-electron chi connectivity index (χ1n) is 6.39. The van der Waals surface area contributed by atoms with Gasteiger partial charge in [0.25, 0.3) is 5.91 Å². The maximum absolute atomic E-state index is 12.1. The van der Waals surface area contributed by atoms with Gasteiger partial charge >= 0.3 is 0 Å². The molecule has 3 heteroatoms. The van der Waals surface area contributed by atoms with Crippen molar-refractivity contribution in [2.45, 2.75) is 19.9 Å². The number of fused-ring (bicyclic) bond motifs is 1. The molecule has 3 rings (SSSR count). The smallest absolute Gasteiger partial charge is 0.251 e. The minimum atomic E-state index is -0.309. The number of hydrogen-bond acceptors (Lipinski definition) is 2. The van der Waals surface area contributed by atoms with E-state index in [4.69, 9.17) is 0 Å². The number of benzene rings is 2. The van der Waals surface area contributed by atoms with Crippen LogP contribution in [-0.4, -0.2) is 5.91 Å². The molecule has 1 aliphatic heterocycles. The third kappa shape index (κ3) is 2.08. The van der Waals surface area contributed by atoms with Gasteiger partial charge in [0, 0.05) is 16.9 Å². The van der Waals surface area contributed by atoms with Crippen molar-refractivity contribution in [1.82, 2.24) is 0 Å². The molecule has 2 aromatic rings. The van der Waals surface area contributed by atoms with Gasteiger partial charge in [-0.1, -0.05) is 35.9 Å². The van der Waals surface area contributed by atoms with Crippen molar-refractivity contribution in [1.29, 1.82) is 0 Å². The predicted molar refractivity (Wildman–Crippen MR) is 77.4 cm³/mol. The van der Waals surface area contributed by atoms with E-state index in [-0.39, 0.29) is 11.9 Å². The molecule has 2 aromatic carbocycles. The molecule has 0 spiro atoms. The molecular weight excluding hydrogens is 236 g/mol. The standard InChI is InChI=1S/C16H16N2O/c1-10-7-8-14-12(9-10)15(16(19)18-14)17-13-6-4-3-5-11(13)2/h3-9,15,17H,1-2H3,(H,18,19). The number of carbonyl (C=O) groups is 1. The zero-order valence-corrected chi connectivity index (χ0v) is 11.0. The second-order valence-corrected chi connectivity index (χ2v) is 4.97. The van der Waals surface area contributed by atoms with Gasteiger partial charge < -0.3 is 10.6 Å². The summed E-state index contributed by atoms with van der Waals surface area (Å²) in [5, 5.41) is 6.24. The molecule has 1 heterocycles. The van der Waals surface area contributed by atoms with Crippen LogP contribution in [-0.2, 0) is 4.79 Å². The highest BCUT2D eigenvalue weighted by Gasteiger charge is 2.30. The highest BCUT2D eigenvalue weighted by atomic mass is 16.2. The molecule has 0 saturated carbocycles. The molecule has 0 aromatic heterocycles. The summed E-state index contributed by atoms with van der Waals surface area (Å²) in [5.41, 5.74) is 5.22. The lowest BCUT2D eigenvalue weighted by Crippen LogP contribution is -2.20. The third-order valence-electron chi connectivity index (χ3n) is 3.48. The maximum atomic E-state index is 12.1. The zero-order valence-electron chi connectivity index (χ0n) is 11.0. The van der Waals surface area contributed by atoms with Crippen LogP contribution in [0.2, 0.25) is 0 Å². The molecule has 2 N–H and O–H groups in total. The number of amides is 1. The Morgan fingerprint density at radius 2 is 1.89 bits per heavy atom. The van der Waals surface area contributed by atoms with Gasteiger partial charge in [-0.15, -0.1) is 0 Å². The van der Waals surface area contributed by atoms with Gasteiger partial charge in [0.15, 0.2) is 0 Å². The lowest BCUT2D eigenvalue weighted by molar-refractivity contribution is -0.116. The number of nitrogens with one attached hydrogen (secondary N) is 2. The number of anilines is 2. The fourth-order valence-corrected chi connectivity index (χ4v) is 2.41. The number of hydrogen-bond donors (Lipinski definition) is 2. The Balaban J connectivity index is 1.97. The number of carbonyl (C=O) groups excluding carboxylic acids is 1. The van der Waals surface area contributed by atoms with E-state index >= 15 is 0 Å². The van der Waals surface area contributed by atoms with Crippen molar-refractivity contribution in [2.24, 2.45) is 0 Å². The van der Waals surface area contributed by atoms with Gasteiger partial charge in [0.05, 0.1) is 0 Å². The van der Waals surface area contributed by atoms with Crippen molar-refractivity contribution in [3.8, 4) is 0 Å². The normalized spacial score (nSPS) is 16.9. The molecule has 1 atom stereocenters. The van der Waals surface area contributed by atoms with Gasteiger partial charge in [0.1, 0.15) is 6.04 Å². The highest BCUT2D eigenvalue weighted by molar-refractivity contribution is 6.04. The lowest BCUT2D eigenvalue weighted by atomic mass is 10.0. The minimum absolute atomic E-state index is 0.00357. The van der Waals surface area contributed by atoms with Gasteiger partial charge in [-0.05, 0) is 31.5 Å². The Hall–Kier alpha value is -2.29. The molecule has 0 aliphatic carbocycles. The van der Waals surface area contributed by atoms with E-state index < -0.39 is 0 Å². The summed E-state index contributed by atoms with van der Waals surface area (Å²) >= 11 is 0. The fourth-order valence-electron chi connectivity index (χ4n) is 2.41. The summed E-state index contributed by atoms with van der Waals surface area (Å²) in [6.07, 6.45) is 0. The Kier molecular flexibility index (Phi) is 2.75. The van der Waals surface area contributed by atoms with Gasteiger partial charge in [-0.3, -0.25) is 4.79 Å². The quantitative estimate of drug-likeness (QED) is 0.860. The van der Waals surface area contributed by atoms with Crippen LogP contribution in [0.3, 0.4) is 0 Å². The molecule has 96 valence electrons. The van der Waals surface area contributed by atoms with Crippen LogP contribution in [0.25, 0.3) is 0 Å². The van der Waals surface area contributed by atoms with Gasteiger partial charge in [-0.25, -0.2) is 0 Å². The second-order valence-electron chi connectivity index (χ2n) is 4.97. The zero-order chi connectivity index (χ0) is 13.4. The Labute approximate surface area is 112 Å². The summed E-state index contributed by atoms with van der Waals surface area (Å²) in [6.45, 7) is 4.07. The van der Waals surface area contributed by atoms with E-state index in [0.717, 1.165) is 28.1 Å². The van der Waals surface area contributed by atoms with Crippen molar-refractivity contribution in [3.63, 3.8) is 0 Å². The molecule has 0 saturated heterocycles. The van der Waals surface area contributed by atoms with Crippen LogP contribution < -0.4 is 10.6 Å². The van der Waals surface area contributed by atoms with Crippen LogP contribution >= 0.6 is 0 Å². The SMILES string of the molecule is Cc1ccc2c(c1)C(Nc1ccccc1C)C(=O)N2. The Morgan fingerprint density at radius 1 is 1.11 bits per heavy atom. The molecule has 0 fully saturated rings. The predicted octanol–water partition coefficient (Wildman–Crippen LogP) is 3.41. The topological polar surface area (TPSA) is 41.1 Å². The summed E-state index contributed by atoms with van der Waals surface area (Å²) in [6, 6.07) is 13.7. The fraction of sp³-hybridized carbons (Fsp3) is 0.188. The third-order valence-corrected chi connectivity index (χ3v) is 3.48. The summed E-state index contributed by atoms with van der Waals surface area (Å²) in [4.78, 5) is 12.1. The molecule has 0 radical (unpaired) electrons. The number of aryl methyl sites for hydroxylation is 2. The first kappa shape index (κ1) is 11.8. The maximum Gasteiger partial charge on any atom is 0.251 e. The molecule has 1 unspecified atom stereocenters. The Morgan fingerprint density at radius 3 is 2.68 bits per heavy atom. The molecule has 19 heavy (non-hydrogen) atoms. The first-order chi connectivity index (χ1) is 9.15. The van der Waals surface area contributed by atoms with E-state index in [0.29, 0.717) is 0 Å². The monoisotopic (exact) mass is 252 g/mol. The molecule has 3 nitrogen and oxygen atoms in total. The number of para-hydroxylation sites is 1. The van der Waals surface area contributed by atoms with Crippen molar-refractivity contribution in [2.75, 3.05) is 10.6 Å². The number of rotatable bonds is 2. The molecule has 0 bridgehead atoms. The van der Waals surface area contributed by atoms with Crippen LogP contribution in [0.1, 0.15) is 22.7 Å². The average molecular weight is 252 g/mol. The van der Waals surface area contributed by atoms with E-state index in [9.17, 15) is 4.79 Å². The largest absolute Gasteiger partial charge is 0.370 e. The van der Waals surface area contributed by atoms with E-state index in [1.165, 1.54) is 0 Å². The Bertz CT molecular complexity index is 649. The lowest BCUT2D eigenvalue weighted by Gasteiger charge is -2.15. The van der Waals surface area contributed by atoms with Crippen LogP contribution in [0, 0.1) is 13.8 Å². The molecule has 1 aliphatic rings. The van der Waals surface area contributed by atoms with Gasteiger partial charge in [-0.2, -0.15) is 0 Å². The average Bonchev–Trinajstić information content (AvgIpc) is 2.69. The van der Waals surface area contributed by atoms with Crippen molar-refractivity contribution in [3.05, 3.63) is 59.2 Å². The molecule has 1 amide bonds. The van der Waals surface area contributed by atoms with Crippen LogP contribution in [0.15, 0.2) is 42.5 Å². The van der Waals surface area contributed by atoms with Crippen molar-refractivity contribution >= 4 is 17.3 Å². The van der Waals surface area contributed by atoms with E-state index in [1.807, 2.05) is 50.2 Å². The van der Waals surface area contributed by atoms with E-state index in [1.54, 1.807) is 0 Å². The van der Waals surface area contributed by atoms with Crippen LogP contribution in [0.5, 0.6) is 0 Å². The highest BCUT2D eigenvalue weighted by Crippen LogP contribution is 2.34. The molecular formula is C16H16N2O. The summed E-state index contributed by atoms with van der Waals surface area (Å²) < 4.78 is 0. The van der Waals surface area contributed by atoms with E-state index in [2.05, 4.69) is 16.7 Å². The van der Waals surface area contributed by atoms with Gasteiger partial charge in [0.2, 0.25) is 0 Å². The minimum Gasteiger partial charge on any atom is -0.370 e. The van der Waals surface area contributed by atoms with Crippen LogP contribution in [0.4, 0.5) is 11.4 Å².